The Morgan fingerprint density at radius 2 is 2.07 bits per heavy atom. The van der Waals surface area contributed by atoms with E-state index in [2.05, 4.69) is 10.3 Å². The van der Waals surface area contributed by atoms with Gasteiger partial charge in [-0.15, -0.1) is 0 Å². The van der Waals surface area contributed by atoms with Crippen molar-refractivity contribution in [2.45, 2.75) is 70.6 Å². The quantitative estimate of drug-likeness (QED) is 0.792. The summed E-state index contributed by atoms with van der Waals surface area (Å²) in [6, 6.07) is 3.66. The van der Waals surface area contributed by atoms with Crippen LogP contribution in [0.4, 0.5) is 4.79 Å². The second-order valence-corrected chi connectivity index (χ2v) is 8.66. The van der Waals surface area contributed by atoms with Crippen molar-refractivity contribution in [1.82, 2.24) is 10.3 Å². The third-order valence-electron chi connectivity index (χ3n) is 5.65. The number of hydrogen-bond donors (Lipinski definition) is 2. The number of fused-ring (bicyclic) bond motifs is 4. The van der Waals surface area contributed by atoms with E-state index in [-0.39, 0.29) is 5.92 Å². The molecule has 0 fully saturated rings. The molecule has 0 saturated carbocycles. The maximum Gasteiger partial charge on any atom is 0.408 e. The summed E-state index contributed by atoms with van der Waals surface area (Å²) in [5.74, 6) is 0.483. The Kier molecular flexibility index (Phi) is 4.75. The summed E-state index contributed by atoms with van der Waals surface area (Å²) in [5, 5.41) is 14.8. The van der Waals surface area contributed by atoms with Crippen LogP contribution in [0, 0.1) is 5.92 Å². The number of pyridine rings is 1. The smallest absolute Gasteiger partial charge is 0.408 e. The van der Waals surface area contributed by atoms with Crippen LogP contribution in [0.25, 0.3) is 0 Å². The minimum absolute atomic E-state index is 0.0467. The second kappa shape index (κ2) is 6.51. The largest absolute Gasteiger partial charge is 0.481 e. The molecule has 0 aromatic carbocycles. The van der Waals surface area contributed by atoms with Gasteiger partial charge in [-0.05, 0) is 58.9 Å². The van der Waals surface area contributed by atoms with Crippen LogP contribution in [-0.4, -0.2) is 34.5 Å². The summed E-state index contributed by atoms with van der Waals surface area (Å²) >= 11 is 0. The summed E-state index contributed by atoms with van der Waals surface area (Å²) in [7, 11) is 1.58. The molecule has 148 valence electrons. The van der Waals surface area contributed by atoms with Crippen molar-refractivity contribution < 1.29 is 19.4 Å². The fourth-order valence-electron chi connectivity index (χ4n) is 4.57. The Morgan fingerprint density at radius 3 is 2.67 bits per heavy atom. The molecular formula is C21H30N2O4. The number of aromatic nitrogens is 1. The second-order valence-electron chi connectivity index (χ2n) is 8.66. The number of carbonyl (C=O) groups is 1. The average molecular weight is 374 g/mol. The molecule has 2 aliphatic carbocycles. The zero-order valence-corrected chi connectivity index (χ0v) is 17.0. The number of nitrogens with one attached hydrogen (secondary N) is 1. The maximum atomic E-state index is 12.7. The highest BCUT2D eigenvalue weighted by Crippen LogP contribution is 2.53. The molecule has 3 rings (SSSR count). The topological polar surface area (TPSA) is 80.7 Å². The first-order valence-electron chi connectivity index (χ1n) is 9.51. The molecule has 1 unspecified atom stereocenters. The summed E-state index contributed by atoms with van der Waals surface area (Å²) in [6.45, 7) is 9.46. The van der Waals surface area contributed by atoms with Crippen LogP contribution < -0.4 is 10.1 Å². The standard InChI is InChI=1S/C21H30N2O4/c1-7-21(25)14-10-13(2)12-20(21,23-18(24)27-19(3,4)5)15-8-9-17(26-6)22-16(15)11-14/h8-9,12,14,25H,7,10-11H2,1-6H3,(H,23,24)/t14?,20-,21-/m0/s1. The first-order chi connectivity index (χ1) is 12.5. The Balaban J connectivity index is 2.17. The van der Waals surface area contributed by atoms with Gasteiger partial charge in [0, 0.05) is 11.6 Å². The van der Waals surface area contributed by atoms with Gasteiger partial charge in [-0.1, -0.05) is 18.6 Å². The van der Waals surface area contributed by atoms with Gasteiger partial charge in [0.15, 0.2) is 0 Å². The van der Waals surface area contributed by atoms with Crippen molar-refractivity contribution in [3.05, 3.63) is 35.0 Å². The van der Waals surface area contributed by atoms with Crippen molar-refractivity contribution in [2.24, 2.45) is 5.92 Å². The molecule has 1 heterocycles. The first kappa shape index (κ1) is 19.7. The van der Waals surface area contributed by atoms with Crippen LogP contribution in [0.5, 0.6) is 5.88 Å². The van der Waals surface area contributed by atoms with Gasteiger partial charge >= 0.3 is 6.09 Å². The Morgan fingerprint density at radius 1 is 1.37 bits per heavy atom. The number of alkyl carbamates (subject to hydrolysis) is 1. The molecule has 6 heteroatoms. The van der Waals surface area contributed by atoms with Crippen LogP contribution in [0.2, 0.25) is 0 Å². The summed E-state index contributed by atoms with van der Waals surface area (Å²) in [4.78, 5) is 17.4. The molecule has 27 heavy (non-hydrogen) atoms. The van der Waals surface area contributed by atoms with Crippen LogP contribution >= 0.6 is 0 Å². The van der Waals surface area contributed by atoms with Crippen LogP contribution in [-0.2, 0) is 16.7 Å². The van der Waals surface area contributed by atoms with Gasteiger partial charge in [-0.3, -0.25) is 0 Å². The van der Waals surface area contributed by atoms with Gasteiger partial charge in [0.2, 0.25) is 5.88 Å². The van der Waals surface area contributed by atoms with Gasteiger partial charge in [0.25, 0.3) is 0 Å². The van der Waals surface area contributed by atoms with Crippen LogP contribution in [0.15, 0.2) is 23.8 Å². The van der Waals surface area contributed by atoms with Crippen molar-refractivity contribution in [3.8, 4) is 5.88 Å². The van der Waals surface area contributed by atoms with Crippen LogP contribution in [0.3, 0.4) is 0 Å². The lowest BCUT2D eigenvalue weighted by molar-refractivity contribution is -0.102. The average Bonchev–Trinajstić information content (AvgIpc) is 2.55. The molecule has 0 spiro atoms. The number of ether oxygens (including phenoxy) is 2. The predicted molar refractivity (Wildman–Crippen MR) is 103 cm³/mol. The molecule has 0 aliphatic heterocycles. The predicted octanol–water partition coefficient (Wildman–Crippen LogP) is 3.47. The van der Waals surface area contributed by atoms with Gasteiger partial charge in [0.1, 0.15) is 11.1 Å². The van der Waals surface area contributed by atoms with Crippen molar-refractivity contribution in [2.75, 3.05) is 7.11 Å². The summed E-state index contributed by atoms with van der Waals surface area (Å²) in [5.41, 5.74) is -0.0498. The fraction of sp³-hybridized carbons (Fsp3) is 0.619. The third kappa shape index (κ3) is 3.20. The lowest BCUT2D eigenvalue weighted by Crippen LogP contribution is -2.68. The normalized spacial score (nSPS) is 29.4. The van der Waals surface area contributed by atoms with Gasteiger partial charge < -0.3 is 19.9 Å². The SMILES string of the molecule is CC[C@]1(O)C2CC(C)=C[C@]1(NC(=O)OC(C)(C)C)c1ccc(OC)nc1C2. The molecule has 0 saturated heterocycles. The highest BCUT2D eigenvalue weighted by Gasteiger charge is 2.60. The Labute approximate surface area is 161 Å². The number of carbonyl (C=O) groups excluding carboxylic acids is 1. The Hall–Kier alpha value is -2.08. The first-order valence-corrected chi connectivity index (χ1v) is 9.51. The monoisotopic (exact) mass is 374 g/mol. The minimum Gasteiger partial charge on any atom is -0.481 e. The number of hydrogen-bond acceptors (Lipinski definition) is 5. The van der Waals surface area contributed by atoms with E-state index >= 15 is 0 Å². The number of amides is 1. The zero-order valence-electron chi connectivity index (χ0n) is 17.0. The molecule has 1 aromatic rings. The molecular weight excluding hydrogens is 344 g/mol. The molecule has 2 N–H and O–H groups in total. The molecule has 1 amide bonds. The van der Waals surface area contributed by atoms with E-state index < -0.39 is 22.8 Å². The summed E-state index contributed by atoms with van der Waals surface area (Å²) in [6.07, 6.45) is 3.33. The molecule has 2 aliphatic rings. The lowest BCUT2D eigenvalue weighted by Gasteiger charge is -2.56. The number of allylic oxidation sites excluding steroid dienone is 1. The zero-order chi connectivity index (χ0) is 20.0. The van der Waals surface area contributed by atoms with E-state index in [9.17, 15) is 9.90 Å². The van der Waals surface area contributed by atoms with Gasteiger partial charge in [0.05, 0.1) is 18.4 Å². The number of nitrogens with zero attached hydrogens (tertiary/aromatic N) is 1. The molecule has 0 radical (unpaired) electrons. The molecule has 3 atom stereocenters. The van der Waals surface area contributed by atoms with Gasteiger partial charge in [-0.25, -0.2) is 9.78 Å². The summed E-state index contributed by atoms with van der Waals surface area (Å²) < 4.78 is 10.8. The van der Waals surface area contributed by atoms with Crippen molar-refractivity contribution in [3.63, 3.8) is 0 Å². The molecule has 2 bridgehead atoms. The number of rotatable bonds is 3. The van der Waals surface area contributed by atoms with E-state index in [1.54, 1.807) is 13.2 Å². The van der Waals surface area contributed by atoms with E-state index in [1.807, 2.05) is 46.8 Å². The lowest BCUT2D eigenvalue weighted by atomic mass is 9.56. The highest BCUT2D eigenvalue weighted by atomic mass is 16.6. The minimum atomic E-state index is -1.12. The third-order valence-corrected chi connectivity index (χ3v) is 5.65. The highest BCUT2D eigenvalue weighted by molar-refractivity contribution is 5.71. The molecule has 1 aromatic heterocycles. The number of aliphatic hydroxyl groups is 1. The Bertz CT molecular complexity index is 783. The number of methoxy groups -OCH3 is 1. The van der Waals surface area contributed by atoms with Crippen molar-refractivity contribution >= 4 is 6.09 Å². The van der Waals surface area contributed by atoms with E-state index in [1.165, 1.54) is 0 Å². The van der Waals surface area contributed by atoms with E-state index in [0.29, 0.717) is 18.7 Å². The van der Waals surface area contributed by atoms with Crippen molar-refractivity contribution in [1.29, 1.82) is 0 Å². The van der Waals surface area contributed by atoms with E-state index in [0.717, 1.165) is 23.3 Å². The van der Waals surface area contributed by atoms with Gasteiger partial charge in [-0.2, -0.15) is 0 Å². The van der Waals surface area contributed by atoms with Crippen LogP contribution in [0.1, 0.15) is 58.7 Å². The maximum absolute atomic E-state index is 12.7. The fourth-order valence-corrected chi connectivity index (χ4v) is 4.57. The molecule has 6 nitrogen and oxygen atoms in total. The van der Waals surface area contributed by atoms with E-state index in [4.69, 9.17) is 9.47 Å².